The van der Waals surface area contributed by atoms with Crippen LogP contribution in [0.5, 0.6) is 0 Å². The quantitative estimate of drug-likeness (QED) is 0.720. The summed E-state index contributed by atoms with van der Waals surface area (Å²) < 4.78 is 26.8. The summed E-state index contributed by atoms with van der Waals surface area (Å²) >= 11 is 0. The molecule has 1 aromatic rings. The Bertz CT molecular complexity index is 502. The SMILES string of the molecule is Cc1[nH]nc(S(=O)(=O)NC2CC(C)C2)c1CN. The normalized spacial score (nSPS) is 24.6. The van der Waals surface area contributed by atoms with Crippen LogP contribution >= 0.6 is 0 Å². The van der Waals surface area contributed by atoms with Crippen molar-refractivity contribution in [2.75, 3.05) is 0 Å². The van der Waals surface area contributed by atoms with Crippen molar-refractivity contribution in [3.63, 3.8) is 0 Å². The van der Waals surface area contributed by atoms with Crippen molar-refractivity contribution in [2.45, 2.75) is 44.3 Å². The van der Waals surface area contributed by atoms with Crippen LogP contribution in [-0.4, -0.2) is 24.7 Å². The number of aromatic nitrogens is 2. The van der Waals surface area contributed by atoms with Gasteiger partial charge < -0.3 is 5.73 Å². The highest BCUT2D eigenvalue weighted by atomic mass is 32.2. The second-order valence-corrected chi connectivity index (χ2v) is 6.36. The van der Waals surface area contributed by atoms with Crippen LogP contribution in [0, 0.1) is 12.8 Å². The minimum Gasteiger partial charge on any atom is -0.326 e. The van der Waals surface area contributed by atoms with Crippen LogP contribution in [0.15, 0.2) is 5.03 Å². The molecule has 0 radical (unpaired) electrons. The lowest BCUT2D eigenvalue weighted by molar-refractivity contribution is 0.270. The summed E-state index contributed by atoms with van der Waals surface area (Å²) in [5, 5.41) is 6.54. The molecule has 0 bridgehead atoms. The summed E-state index contributed by atoms with van der Waals surface area (Å²) in [6.07, 6.45) is 1.78. The van der Waals surface area contributed by atoms with Crippen molar-refractivity contribution in [2.24, 2.45) is 11.7 Å². The first-order chi connectivity index (χ1) is 7.94. The zero-order valence-corrected chi connectivity index (χ0v) is 10.8. The number of aromatic amines is 1. The third-order valence-corrected chi connectivity index (χ3v) is 4.68. The molecule has 0 saturated heterocycles. The third-order valence-electron chi connectivity index (χ3n) is 3.19. The van der Waals surface area contributed by atoms with Gasteiger partial charge in [-0.1, -0.05) is 6.92 Å². The maximum atomic E-state index is 12.1. The van der Waals surface area contributed by atoms with Crippen molar-refractivity contribution in [1.29, 1.82) is 0 Å². The van der Waals surface area contributed by atoms with Gasteiger partial charge in [-0.2, -0.15) is 5.10 Å². The minimum atomic E-state index is -3.54. The van der Waals surface area contributed by atoms with Crippen LogP contribution in [0.25, 0.3) is 0 Å². The molecule has 2 rings (SSSR count). The fraction of sp³-hybridized carbons (Fsp3) is 0.700. The highest BCUT2D eigenvalue weighted by Gasteiger charge is 2.32. The van der Waals surface area contributed by atoms with Crippen LogP contribution in [0.4, 0.5) is 0 Å². The van der Waals surface area contributed by atoms with E-state index < -0.39 is 10.0 Å². The van der Waals surface area contributed by atoms with E-state index in [1.807, 2.05) is 0 Å². The number of hydrogen-bond acceptors (Lipinski definition) is 4. The Balaban J connectivity index is 2.19. The molecule has 96 valence electrons. The van der Waals surface area contributed by atoms with Crippen LogP contribution in [0.1, 0.15) is 31.0 Å². The van der Waals surface area contributed by atoms with Gasteiger partial charge in [0.15, 0.2) is 5.03 Å². The van der Waals surface area contributed by atoms with E-state index in [-0.39, 0.29) is 17.6 Å². The number of nitrogens with two attached hydrogens (primary N) is 1. The molecule has 0 spiro atoms. The number of rotatable bonds is 4. The summed E-state index contributed by atoms with van der Waals surface area (Å²) in [7, 11) is -3.54. The van der Waals surface area contributed by atoms with Crippen molar-refractivity contribution < 1.29 is 8.42 Å². The monoisotopic (exact) mass is 258 g/mol. The van der Waals surface area contributed by atoms with Gasteiger partial charge in [-0.15, -0.1) is 0 Å². The van der Waals surface area contributed by atoms with E-state index >= 15 is 0 Å². The number of nitrogens with one attached hydrogen (secondary N) is 2. The fourth-order valence-electron chi connectivity index (χ4n) is 2.17. The molecule has 0 unspecified atom stereocenters. The van der Waals surface area contributed by atoms with E-state index in [2.05, 4.69) is 21.8 Å². The predicted octanol–water partition coefficient (Wildman–Crippen LogP) is 0.254. The second kappa shape index (κ2) is 4.40. The molecular formula is C10H18N4O2S. The third kappa shape index (κ3) is 2.36. The summed E-state index contributed by atoms with van der Waals surface area (Å²) in [5.41, 5.74) is 6.80. The van der Waals surface area contributed by atoms with Gasteiger partial charge in [0.2, 0.25) is 0 Å². The van der Waals surface area contributed by atoms with Crippen LogP contribution < -0.4 is 10.5 Å². The summed E-state index contributed by atoms with van der Waals surface area (Å²) in [6.45, 7) is 4.04. The van der Waals surface area contributed by atoms with Gasteiger partial charge in [0.1, 0.15) is 0 Å². The first-order valence-corrected chi connectivity index (χ1v) is 7.18. The van der Waals surface area contributed by atoms with Crippen molar-refractivity contribution in [3.8, 4) is 0 Å². The molecule has 0 amide bonds. The molecule has 1 aliphatic rings. The summed E-state index contributed by atoms with van der Waals surface area (Å²) in [6, 6.07) is 0.0395. The lowest BCUT2D eigenvalue weighted by Gasteiger charge is -2.32. The lowest BCUT2D eigenvalue weighted by atomic mass is 9.83. The Kier molecular flexibility index (Phi) is 3.24. The molecule has 0 atom stereocenters. The Labute approximate surface area is 101 Å². The standard InChI is InChI=1S/C10H18N4O2S/c1-6-3-8(4-6)14-17(15,16)10-9(5-11)7(2)12-13-10/h6,8,14H,3-5,11H2,1-2H3,(H,12,13). The average molecular weight is 258 g/mol. The Morgan fingerprint density at radius 2 is 2.18 bits per heavy atom. The van der Waals surface area contributed by atoms with E-state index in [4.69, 9.17) is 5.73 Å². The molecule has 1 fully saturated rings. The van der Waals surface area contributed by atoms with Gasteiger partial charge in [-0.3, -0.25) is 5.10 Å². The molecule has 0 aliphatic heterocycles. The predicted molar refractivity (Wildman–Crippen MR) is 63.7 cm³/mol. The number of nitrogens with zero attached hydrogens (tertiary/aromatic N) is 1. The Morgan fingerprint density at radius 1 is 1.53 bits per heavy atom. The number of hydrogen-bond donors (Lipinski definition) is 3. The fourth-order valence-corrected chi connectivity index (χ4v) is 3.64. The Hall–Kier alpha value is -0.920. The van der Waals surface area contributed by atoms with Crippen molar-refractivity contribution in [1.82, 2.24) is 14.9 Å². The van der Waals surface area contributed by atoms with Gasteiger partial charge in [0.25, 0.3) is 10.0 Å². The van der Waals surface area contributed by atoms with Gasteiger partial charge >= 0.3 is 0 Å². The molecule has 4 N–H and O–H groups in total. The Morgan fingerprint density at radius 3 is 2.71 bits per heavy atom. The lowest BCUT2D eigenvalue weighted by Crippen LogP contribution is -2.43. The van der Waals surface area contributed by atoms with Crippen molar-refractivity contribution >= 4 is 10.0 Å². The molecule has 0 aromatic carbocycles. The van der Waals surface area contributed by atoms with E-state index in [0.29, 0.717) is 17.2 Å². The number of H-pyrrole nitrogens is 1. The zero-order valence-electron chi connectivity index (χ0n) is 10.0. The first-order valence-electron chi connectivity index (χ1n) is 5.70. The van der Waals surface area contributed by atoms with E-state index in [9.17, 15) is 8.42 Å². The average Bonchev–Trinajstić information content (AvgIpc) is 2.57. The van der Waals surface area contributed by atoms with Gasteiger partial charge in [-0.05, 0) is 25.7 Å². The second-order valence-electron chi connectivity index (χ2n) is 4.73. The highest BCUT2D eigenvalue weighted by molar-refractivity contribution is 7.89. The largest absolute Gasteiger partial charge is 0.326 e. The topological polar surface area (TPSA) is 101 Å². The molecule has 6 nitrogen and oxygen atoms in total. The van der Waals surface area contributed by atoms with Crippen LogP contribution in [-0.2, 0) is 16.6 Å². The first kappa shape index (κ1) is 12.5. The molecule has 17 heavy (non-hydrogen) atoms. The van der Waals surface area contributed by atoms with Gasteiger partial charge in [0.05, 0.1) is 0 Å². The van der Waals surface area contributed by atoms with Crippen molar-refractivity contribution in [3.05, 3.63) is 11.3 Å². The van der Waals surface area contributed by atoms with E-state index in [1.165, 1.54) is 0 Å². The zero-order chi connectivity index (χ0) is 12.6. The maximum absolute atomic E-state index is 12.1. The van der Waals surface area contributed by atoms with E-state index in [0.717, 1.165) is 12.8 Å². The number of aryl methyl sites for hydroxylation is 1. The van der Waals surface area contributed by atoms with Crippen LogP contribution in [0.3, 0.4) is 0 Å². The summed E-state index contributed by atoms with van der Waals surface area (Å²) in [4.78, 5) is 0. The minimum absolute atomic E-state index is 0.0389. The van der Waals surface area contributed by atoms with Gasteiger partial charge in [0, 0.05) is 23.8 Å². The van der Waals surface area contributed by atoms with Gasteiger partial charge in [-0.25, -0.2) is 13.1 Å². The molecular weight excluding hydrogens is 240 g/mol. The van der Waals surface area contributed by atoms with Crippen LogP contribution in [0.2, 0.25) is 0 Å². The molecule has 7 heteroatoms. The maximum Gasteiger partial charge on any atom is 0.260 e. The molecule has 1 aromatic heterocycles. The smallest absolute Gasteiger partial charge is 0.260 e. The summed E-state index contributed by atoms with van der Waals surface area (Å²) in [5.74, 6) is 0.595. The van der Waals surface area contributed by atoms with E-state index in [1.54, 1.807) is 6.92 Å². The number of sulfonamides is 1. The molecule has 1 heterocycles. The molecule has 1 aliphatic carbocycles. The highest BCUT2D eigenvalue weighted by Crippen LogP contribution is 2.28. The molecule has 1 saturated carbocycles.